The zero-order chi connectivity index (χ0) is 14.8. The molecule has 0 atom stereocenters. The van der Waals surface area contributed by atoms with Crippen LogP contribution < -0.4 is 0 Å². The second-order valence-corrected chi connectivity index (χ2v) is 4.04. The molecule has 0 radical (unpaired) electrons. The van der Waals surface area contributed by atoms with Gasteiger partial charge in [-0.3, -0.25) is 0 Å². The summed E-state index contributed by atoms with van der Waals surface area (Å²) in [4.78, 5) is 3.85. The number of alkyl halides is 3. The predicted molar refractivity (Wildman–Crippen MR) is 63.0 cm³/mol. The molecule has 0 aromatic carbocycles. The molecule has 0 aliphatic carbocycles. The van der Waals surface area contributed by atoms with Crippen molar-refractivity contribution in [3.63, 3.8) is 0 Å². The van der Waals surface area contributed by atoms with Gasteiger partial charge in [0.1, 0.15) is 0 Å². The van der Waals surface area contributed by atoms with E-state index >= 15 is 0 Å². The summed E-state index contributed by atoms with van der Waals surface area (Å²) in [5, 5.41) is 13.2. The summed E-state index contributed by atoms with van der Waals surface area (Å²) >= 11 is 0. The van der Waals surface area contributed by atoms with Crippen molar-refractivity contribution in [1.29, 1.82) is 0 Å². The highest BCUT2D eigenvalue weighted by molar-refractivity contribution is 5.31. The Morgan fingerprint density at radius 1 is 1.40 bits per heavy atom. The van der Waals surface area contributed by atoms with Crippen molar-refractivity contribution >= 4 is 0 Å². The van der Waals surface area contributed by atoms with Crippen molar-refractivity contribution in [2.75, 3.05) is 7.11 Å². The van der Waals surface area contributed by atoms with Gasteiger partial charge in [-0.2, -0.15) is 18.3 Å². The molecule has 0 unspecified atom stereocenters. The van der Waals surface area contributed by atoms with E-state index in [0.717, 1.165) is 18.3 Å². The minimum Gasteiger partial charge on any atom is -0.392 e. The molecule has 2 aromatic rings. The maximum atomic E-state index is 12.6. The maximum absolute atomic E-state index is 12.6. The van der Waals surface area contributed by atoms with E-state index in [-0.39, 0.29) is 19.0 Å². The van der Waals surface area contributed by atoms with Crippen LogP contribution in [-0.4, -0.2) is 27.0 Å². The lowest BCUT2D eigenvalue weighted by Crippen LogP contribution is -2.07. The molecule has 8 heteroatoms. The van der Waals surface area contributed by atoms with E-state index < -0.39 is 11.7 Å². The number of aliphatic hydroxyl groups excluding tert-OH is 1. The summed E-state index contributed by atoms with van der Waals surface area (Å²) in [6.07, 6.45) is -1.95. The molecule has 1 N–H and O–H groups in total. The Bertz CT molecular complexity index is 596. The van der Waals surface area contributed by atoms with Crippen LogP contribution in [0.3, 0.4) is 0 Å². The van der Waals surface area contributed by atoms with Gasteiger partial charge in [-0.1, -0.05) is 0 Å². The number of rotatable bonds is 4. The number of halogens is 3. The van der Waals surface area contributed by atoms with E-state index in [4.69, 9.17) is 4.74 Å². The SMILES string of the molecule is COCc1nn(-c2cc(C(F)(F)F)ccn2)cc1CO. The fraction of sp³-hybridized carbons (Fsp3) is 0.333. The molecule has 20 heavy (non-hydrogen) atoms. The first kappa shape index (κ1) is 14.5. The highest BCUT2D eigenvalue weighted by Crippen LogP contribution is 2.29. The van der Waals surface area contributed by atoms with Crippen molar-refractivity contribution in [2.24, 2.45) is 0 Å². The van der Waals surface area contributed by atoms with Gasteiger partial charge in [0.2, 0.25) is 0 Å². The molecule has 0 amide bonds. The minimum absolute atomic E-state index is 0.0249. The zero-order valence-electron chi connectivity index (χ0n) is 10.6. The highest BCUT2D eigenvalue weighted by Gasteiger charge is 2.31. The lowest BCUT2D eigenvalue weighted by Gasteiger charge is -2.07. The Kier molecular flexibility index (Phi) is 4.05. The van der Waals surface area contributed by atoms with Gasteiger partial charge in [0.15, 0.2) is 5.82 Å². The molecular weight excluding hydrogens is 275 g/mol. The molecule has 2 heterocycles. The lowest BCUT2D eigenvalue weighted by atomic mass is 10.2. The molecule has 5 nitrogen and oxygen atoms in total. The third-order valence-corrected chi connectivity index (χ3v) is 2.64. The van der Waals surface area contributed by atoms with Gasteiger partial charge in [0, 0.05) is 25.1 Å². The highest BCUT2D eigenvalue weighted by atomic mass is 19.4. The Hall–Kier alpha value is -1.93. The normalized spacial score (nSPS) is 11.8. The summed E-state index contributed by atoms with van der Waals surface area (Å²) < 4.78 is 44.0. The Labute approximate surface area is 112 Å². The fourth-order valence-electron chi connectivity index (χ4n) is 1.67. The van der Waals surface area contributed by atoms with Crippen LogP contribution in [0.1, 0.15) is 16.8 Å². The second-order valence-electron chi connectivity index (χ2n) is 4.04. The van der Waals surface area contributed by atoms with Crippen molar-refractivity contribution < 1.29 is 23.0 Å². The van der Waals surface area contributed by atoms with E-state index in [0.29, 0.717) is 11.3 Å². The predicted octanol–water partition coefficient (Wildman–Crippen LogP) is 1.92. The van der Waals surface area contributed by atoms with Crippen molar-refractivity contribution in [1.82, 2.24) is 14.8 Å². The minimum atomic E-state index is -4.44. The molecule has 0 spiro atoms. The topological polar surface area (TPSA) is 60.2 Å². The fourth-order valence-corrected chi connectivity index (χ4v) is 1.67. The molecule has 0 fully saturated rings. The van der Waals surface area contributed by atoms with E-state index in [1.54, 1.807) is 0 Å². The third-order valence-electron chi connectivity index (χ3n) is 2.64. The number of methoxy groups -OCH3 is 1. The number of aliphatic hydroxyl groups is 1. The molecule has 2 aromatic heterocycles. The number of nitrogens with zero attached hydrogens (tertiary/aromatic N) is 3. The van der Waals surface area contributed by atoms with Gasteiger partial charge >= 0.3 is 6.18 Å². The standard InChI is InChI=1S/C12H12F3N3O2/c1-20-7-10-8(6-19)5-18(17-10)11-4-9(2-3-16-11)12(13,14)15/h2-5,19H,6-7H2,1H3. The number of hydrogen-bond donors (Lipinski definition) is 1. The van der Waals surface area contributed by atoms with Gasteiger partial charge in [0.05, 0.1) is 24.5 Å². The average molecular weight is 287 g/mol. The Morgan fingerprint density at radius 3 is 2.75 bits per heavy atom. The van der Waals surface area contributed by atoms with Crippen molar-refractivity contribution in [3.8, 4) is 5.82 Å². The summed E-state index contributed by atoms with van der Waals surface area (Å²) in [7, 11) is 1.46. The molecule has 0 bridgehead atoms. The third kappa shape index (κ3) is 2.97. The van der Waals surface area contributed by atoms with Gasteiger partial charge < -0.3 is 9.84 Å². The van der Waals surface area contributed by atoms with Crippen LogP contribution in [0.2, 0.25) is 0 Å². The van der Waals surface area contributed by atoms with Crippen LogP contribution in [0.15, 0.2) is 24.5 Å². The van der Waals surface area contributed by atoms with Crippen LogP contribution in [0.4, 0.5) is 13.2 Å². The second kappa shape index (κ2) is 5.59. The van der Waals surface area contributed by atoms with Gasteiger partial charge in [0.25, 0.3) is 0 Å². The molecule has 0 saturated heterocycles. The number of hydrogen-bond acceptors (Lipinski definition) is 4. The summed E-state index contributed by atoms with van der Waals surface area (Å²) in [6, 6.07) is 1.78. The maximum Gasteiger partial charge on any atom is 0.416 e. The van der Waals surface area contributed by atoms with Crippen molar-refractivity contribution in [2.45, 2.75) is 19.4 Å². The smallest absolute Gasteiger partial charge is 0.392 e. The molecule has 2 rings (SSSR count). The van der Waals surface area contributed by atoms with E-state index in [9.17, 15) is 18.3 Å². The van der Waals surface area contributed by atoms with Crippen LogP contribution in [0, 0.1) is 0 Å². The Morgan fingerprint density at radius 2 is 2.15 bits per heavy atom. The lowest BCUT2D eigenvalue weighted by molar-refractivity contribution is -0.137. The largest absolute Gasteiger partial charge is 0.416 e. The van der Waals surface area contributed by atoms with Crippen LogP contribution in [-0.2, 0) is 24.1 Å². The molecule has 108 valence electrons. The van der Waals surface area contributed by atoms with E-state index in [1.165, 1.54) is 18.0 Å². The van der Waals surface area contributed by atoms with Gasteiger partial charge in [-0.15, -0.1) is 0 Å². The average Bonchev–Trinajstić information content (AvgIpc) is 2.82. The number of aromatic nitrogens is 3. The van der Waals surface area contributed by atoms with Crippen LogP contribution >= 0.6 is 0 Å². The molecule has 0 aliphatic rings. The molecular formula is C12H12F3N3O2. The first-order valence-electron chi connectivity index (χ1n) is 5.66. The first-order chi connectivity index (χ1) is 9.45. The van der Waals surface area contributed by atoms with Gasteiger partial charge in [-0.25, -0.2) is 9.67 Å². The van der Waals surface area contributed by atoms with Gasteiger partial charge in [-0.05, 0) is 12.1 Å². The van der Waals surface area contributed by atoms with E-state index in [2.05, 4.69) is 10.1 Å². The number of ether oxygens (including phenoxy) is 1. The molecule has 0 saturated carbocycles. The zero-order valence-corrected chi connectivity index (χ0v) is 10.6. The first-order valence-corrected chi connectivity index (χ1v) is 5.66. The van der Waals surface area contributed by atoms with Crippen LogP contribution in [0.25, 0.3) is 5.82 Å². The summed E-state index contributed by atoms with van der Waals surface area (Å²) in [5.74, 6) is 0.0249. The van der Waals surface area contributed by atoms with E-state index in [1.807, 2.05) is 0 Å². The number of pyridine rings is 1. The molecule has 0 aliphatic heterocycles. The Balaban J connectivity index is 2.41. The monoisotopic (exact) mass is 287 g/mol. The van der Waals surface area contributed by atoms with Crippen LogP contribution in [0.5, 0.6) is 0 Å². The quantitative estimate of drug-likeness (QED) is 0.933. The summed E-state index contributed by atoms with van der Waals surface area (Å²) in [5.41, 5.74) is 0.122. The van der Waals surface area contributed by atoms with Crippen molar-refractivity contribution in [3.05, 3.63) is 41.3 Å². The summed E-state index contributed by atoms with van der Waals surface area (Å²) in [6.45, 7) is -0.125.